The van der Waals surface area contributed by atoms with Crippen molar-refractivity contribution in [3.63, 3.8) is 0 Å². The number of hydrogen-bond donors (Lipinski definition) is 1. The van der Waals surface area contributed by atoms with Gasteiger partial charge in [0.05, 0.1) is 10.2 Å². The number of nitrogens with one attached hydrogen (secondary N) is 1. The number of hydrazone groups is 1. The van der Waals surface area contributed by atoms with E-state index in [1.54, 1.807) is 18.2 Å². The normalized spacial score (nSPS) is 11.2. The fraction of sp³-hybridized carbons (Fsp3) is 0.125. The van der Waals surface area contributed by atoms with Gasteiger partial charge in [-0.1, -0.05) is 39.7 Å². The topological polar surface area (TPSA) is 50.7 Å². The van der Waals surface area contributed by atoms with E-state index in [9.17, 15) is 4.79 Å². The molecule has 2 aromatic carbocycles. The van der Waals surface area contributed by atoms with Crippen LogP contribution in [0, 0.1) is 0 Å². The average Bonchev–Trinajstić information content (AvgIpc) is 2.52. The van der Waals surface area contributed by atoms with Crippen LogP contribution in [0.25, 0.3) is 0 Å². The molecule has 4 nitrogen and oxygen atoms in total. The predicted molar refractivity (Wildman–Crippen MR) is 99.1 cm³/mol. The second-order valence-electron chi connectivity index (χ2n) is 4.60. The summed E-state index contributed by atoms with van der Waals surface area (Å²) in [6.07, 6.45) is 0. The van der Waals surface area contributed by atoms with Crippen molar-refractivity contribution in [2.75, 3.05) is 6.61 Å². The third-order valence-electron chi connectivity index (χ3n) is 2.86. The molecule has 0 heterocycles. The highest BCUT2D eigenvalue weighted by atomic mass is 79.9. The van der Waals surface area contributed by atoms with Gasteiger partial charge in [0.2, 0.25) is 0 Å². The molecule has 0 atom stereocenters. The lowest BCUT2D eigenvalue weighted by molar-refractivity contribution is -0.123. The van der Waals surface area contributed by atoms with Gasteiger partial charge < -0.3 is 4.74 Å². The van der Waals surface area contributed by atoms with Gasteiger partial charge in [-0.3, -0.25) is 4.79 Å². The number of carbonyl (C=O) groups is 1. The molecule has 0 aliphatic rings. The lowest BCUT2D eigenvalue weighted by atomic mass is 10.1. The molecule has 0 spiro atoms. The Morgan fingerprint density at radius 3 is 2.57 bits per heavy atom. The van der Waals surface area contributed by atoms with Crippen LogP contribution in [0.15, 0.2) is 56.5 Å². The smallest absolute Gasteiger partial charge is 0.277 e. The Balaban J connectivity index is 1.89. The Morgan fingerprint density at radius 1 is 1.22 bits per heavy atom. The zero-order valence-corrected chi connectivity index (χ0v) is 16.1. The molecular weight excluding hydrogens is 447 g/mol. The van der Waals surface area contributed by atoms with Crippen LogP contribution in [0.4, 0.5) is 0 Å². The molecule has 120 valence electrons. The van der Waals surface area contributed by atoms with Crippen LogP contribution in [0.1, 0.15) is 12.5 Å². The summed E-state index contributed by atoms with van der Waals surface area (Å²) in [5.74, 6) is 0.196. The highest BCUT2D eigenvalue weighted by molar-refractivity contribution is 9.10. The number of carbonyl (C=O) groups excluding carboxylic acids is 1. The maximum atomic E-state index is 11.8. The monoisotopic (exact) mass is 458 g/mol. The van der Waals surface area contributed by atoms with Crippen LogP contribution < -0.4 is 10.2 Å². The van der Waals surface area contributed by atoms with Crippen LogP contribution in [0.5, 0.6) is 5.75 Å². The number of benzene rings is 2. The molecule has 7 heteroatoms. The fourth-order valence-corrected chi connectivity index (χ4v) is 2.73. The number of halogens is 3. The lowest BCUT2D eigenvalue weighted by Crippen LogP contribution is -2.25. The van der Waals surface area contributed by atoms with Crippen LogP contribution in [0.3, 0.4) is 0 Å². The van der Waals surface area contributed by atoms with Crippen molar-refractivity contribution in [1.29, 1.82) is 0 Å². The third-order valence-corrected chi connectivity index (χ3v) is 4.25. The van der Waals surface area contributed by atoms with Crippen molar-refractivity contribution in [2.45, 2.75) is 6.92 Å². The SMILES string of the molecule is CC(=NNC(=O)COc1ccc(Cl)cc1Br)c1ccc(Br)cc1. The van der Waals surface area contributed by atoms with E-state index in [-0.39, 0.29) is 12.5 Å². The Hall–Kier alpha value is -1.37. The van der Waals surface area contributed by atoms with E-state index in [1.165, 1.54) is 0 Å². The van der Waals surface area contributed by atoms with Crippen LogP contribution >= 0.6 is 43.5 Å². The molecule has 0 saturated carbocycles. The quantitative estimate of drug-likeness (QED) is 0.516. The van der Waals surface area contributed by atoms with Crippen molar-refractivity contribution in [3.8, 4) is 5.75 Å². The van der Waals surface area contributed by atoms with Crippen LogP contribution in [-0.2, 0) is 4.79 Å². The van der Waals surface area contributed by atoms with E-state index < -0.39 is 0 Å². The number of nitrogens with zero attached hydrogens (tertiary/aromatic N) is 1. The highest BCUT2D eigenvalue weighted by Gasteiger charge is 2.06. The summed E-state index contributed by atoms with van der Waals surface area (Å²) in [4.78, 5) is 11.8. The summed E-state index contributed by atoms with van der Waals surface area (Å²) < 4.78 is 7.09. The van der Waals surface area contributed by atoms with Gasteiger partial charge in [0, 0.05) is 9.50 Å². The molecular formula is C16H13Br2ClN2O2. The molecule has 0 radical (unpaired) electrons. The number of hydrogen-bond acceptors (Lipinski definition) is 3. The second kappa shape index (κ2) is 8.47. The van der Waals surface area contributed by atoms with Crippen LogP contribution in [-0.4, -0.2) is 18.2 Å². The molecule has 2 aromatic rings. The molecule has 23 heavy (non-hydrogen) atoms. The summed E-state index contributed by atoms with van der Waals surface area (Å²) in [5.41, 5.74) is 4.10. The Bertz CT molecular complexity index is 733. The molecule has 0 unspecified atom stereocenters. The number of ether oxygens (including phenoxy) is 1. The molecule has 2 rings (SSSR count). The van der Waals surface area contributed by atoms with E-state index in [4.69, 9.17) is 16.3 Å². The Labute approximate surface area is 156 Å². The number of rotatable bonds is 5. The molecule has 1 amide bonds. The average molecular weight is 461 g/mol. The van der Waals surface area contributed by atoms with E-state index in [1.807, 2.05) is 31.2 Å². The lowest BCUT2D eigenvalue weighted by Gasteiger charge is -2.08. The van der Waals surface area contributed by atoms with Crippen molar-refractivity contribution >= 4 is 55.1 Å². The van der Waals surface area contributed by atoms with Crippen molar-refractivity contribution in [2.24, 2.45) is 5.10 Å². The maximum absolute atomic E-state index is 11.8. The van der Waals surface area contributed by atoms with E-state index in [2.05, 4.69) is 42.4 Å². The van der Waals surface area contributed by atoms with E-state index in [0.29, 0.717) is 21.0 Å². The van der Waals surface area contributed by atoms with E-state index >= 15 is 0 Å². The van der Waals surface area contributed by atoms with E-state index in [0.717, 1.165) is 10.0 Å². The minimum Gasteiger partial charge on any atom is -0.483 e. The predicted octanol–water partition coefficient (Wildman–Crippen LogP) is 4.78. The van der Waals surface area contributed by atoms with Crippen molar-refractivity contribution in [3.05, 3.63) is 62.0 Å². The molecule has 0 aliphatic carbocycles. The Kier molecular flexibility index (Phi) is 6.62. The maximum Gasteiger partial charge on any atom is 0.277 e. The van der Waals surface area contributed by atoms with Gasteiger partial charge in [0.15, 0.2) is 6.61 Å². The number of amides is 1. The third kappa shape index (κ3) is 5.64. The summed E-state index contributed by atoms with van der Waals surface area (Å²) in [6, 6.07) is 12.7. The first-order valence-corrected chi connectivity index (χ1v) is 8.59. The van der Waals surface area contributed by atoms with Gasteiger partial charge in [-0.15, -0.1) is 0 Å². The van der Waals surface area contributed by atoms with Gasteiger partial charge in [-0.2, -0.15) is 5.10 Å². The molecule has 0 fully saturated rings. The van der Waals surface area contributed by atoms with Crippen LogP contribution in [0.2, 0.25) is 5.02 Å². The van der Waals surface area contributed by atoms with Gasteiger partial charge in [0.25, 0.3) is 5.91 Å². The first kappa shape index (κ1) is 18.0. The fourth-order valence-electron chi connectivity index (χ4n) is 1.67. The van der Waals surface area contributed by atoms with Gasteiger partial charge in [-0.25, -0.2) is 5.43 Å². The zero-order chi connectivity index (χ0) is 16.8. The first-order valence-electron chi connectivity index (χ1n) is 6.62. The standard InChI is InChI=1S/C16H13Br2ClN2O2/c1-10(11-2-4-12(17)5-3-11)20-21-16(22)9-23-15-7-6-13(19)8-14(15)18/h2-8H,9H2,1H3,(H,21,22). The summed E-state index contributed by atoms with van der Waals surface area (Å²) in [5, 5.41) is 4.65. The minimum absolute atomic E-state index is 0.142. The second-order valence-corrected chi connectivity index (χ2v) is 6.81. The summed E-state index contributed by atoms with van der Waals surface area (Å²) in [7, 11) is 0. The molecule has 0 bridgehead atoms. The zero-order valence-electron chi connectivity index (χ0n) is 12.1. The molecule has 1 N–H and O–H groups in total. The van der Waals surface area contributed by atoms with Gasteiger partial charge >= 0.3 is 0 Å². The molecule has 0 aromatic heterocycles. The van der Waals surface area contributed by atoms with Crippen molar-refractivity contribution in [1.82, 2.24) is 5.43 Å². The van der Waals surface area contributed by atoms with Gasteiger partial charge in [-0.05, 0) is 58.7 Å². The largest absolute Gasteiger partial charge is 0.483 e. The van der Waals surface area contributed by atoms with Crippen molar-refractivity contribution < 1.29 is 9.53 Å². The summed E-state index contributed by atoms with van der Waals surface area (Å²) in [6.45, 7) is 1.68. The molecule has 0 aliphatic heterocycles. The van der Waals surface area contributed by atoms with Gasteiger partial charge in [0.1, 0.15) is 5.75 Å². The first-order chi connectivity index (χ1) is 11.0. The summed E-state index contributed by atoms with van der Waals surface area (Å²) >= 11 is 12.5. The molecule has 0 saturated heterocycles. The Morgan fingerprint density at radius 2 is 1.91 bits per heavy atom. The highest BCUT2D eigenvalue weighted by Crippen LogP contribution is 2.27. The minimum atomic E-state index is -0.344.